The van der Waals surface area contributed by atoms with Gasteiger partial charge in [-0.1, -0.05) is 0 Å². The van der Waals surface area contributed by atoms with Crippen LogP contribution in [0.15, 0.2) is 12.3 Å². The summed E-state index contributed by atoms with van der Waals surface area (Å²) in [5, 5.41) is 8.80. The first-order chi connectivity index (χ1) is 7.50. The predicted molar refractivity (Wildman–Crippen MR) is 55.2 cm³/mol. The fraction of sp³-hybridized carbons (Fsp3) is 0.400. The number of aromatic nitrogens is 1. The average molecular weight is 228 g/mol. The maximum Gasteiger partial charge on any atom is 0.341 e. The van der Waals surface area contributed by atoms with E-state index >= 15 is 0 Å². The first-order valence-electron chi connectivity index (χ1n) is 4.67. The molecule has 0 unspecified atom stereocenters. The van der Waals surface area contributed by atoms with Crippen LogP contribution in [0.4, 0.5) is 4.39 Å². The summed E-state index contributed by atoms with van der Waals surface area (Å²) in [4.78, 5) is 16.3. The maximum atomic E-state index is 12.8. The van der Waals surface area contributed by atoms with Crippen LogP contribution in [0.2, 0.25) is 0 Å². The minimum atomic E-state index is -1.26. The molecule has 6 heteroatoms. The fourth-order valence-corrected chi connectivity index (χ4v) is 1.02. The summed E-state index contributed by atoms with van der Waals surface area (Å²) in [6.07, 6.45) is 0.928. The Kier molecular flexibility index (Phi) is 4.19. The Hall–Kier alpha value is -1.69. The summed E-state index contributed by atoms with van der Waals surface area (Å²) in [5.74, 6) is -2.01. The van der Waals surface area contributed by atoms with E-state index in [1.807, 2.05) is 19.0 Å². The van der Waals surface area contributed by atoms with Crippen molar-refractivity contribution in [3.05, 3.63) is 23.6 Å². The first kappa shape index (κ1) is 12.4. The number of pyridine rings is 1. The van der Waals surface area contributed by atoms with Crippen molar-refractivity contribution in [3.8, 4) is 5.88 Å². The third kappa shape index (κ3) is 3.47. The van der Waals surface area contributed by atoms with E-state index in [1.165, 1.54) is 0 Å². The first-order valence-corrected chi connectivity index (χ1v) is 4.67. The molecule has 1 aromatic rings. The van der Waals surface area contributed by atoms with Crippen LogP contribution < -0.4 is 4.74 Å². The van der Waals surface area contributed by atoms with Gasteiger partial charge < -0.3 is 14.7 Å². The second-order valence-electron chi connectivity index (χ2n) is 3.46. The van der Waals surface area contributed by atoms with Gasteiger partial charge >= 0.3 is 5.97 Å². The van der Waals surface area contributed by atoms with Crippen molar-refractivity contribution < 1.29 is 19.0 Å². The Morgan fingerprint density at radius 1 is 1.62 bits per heavy atom. The SMILES string of the molecule is CN(C)CCOc1ncc(F)cc1C(=O)O. The predicted octanol–water partition coefficient (Wildman–Crippen LogP) is 0.859. The van der Waals surface area contributed by atoms with Crippen LogP contribution in [0.5, 0.6) is 5.88 Å². The molecular formula is C10H13FN2O3. The standard InChI is InChI=1S/C10H13FN2O3/c1-13(2)3-4-16-9-8(10(14)15)5-7(11)6-12-9/h5-6H,3-4H2,1-2H3,(H,14,15). The van der Waals surface area contributed by atoms with E-state index in [-0.39, 0.29) is 11.4 Å². The van der Waals surface area contributed by atoms with E-state index < -0.39 is 11.8 Å². The molecule has 0 fully saturated rings. The molecule has 1 N–H and O–H groups in total. The number of ether oxygens (including phenoxy) is 1. The minimum Gasteiger partial charge on any atom is -0.477 e. The molecule has 0 saturated carbocycles. The fourth-order valence-electron chi connectivity index (χ4n) is 1.02. The molecule has 0 aliphatic carbocycles. The molecule has 0 saturated heterocycles. The van der Waals surface area contributed by atoms with Gasteiger partial charge in [0.2, 0.25) is 5.88 Å². The van der Waals surface area contributed by atoms with Gasteiger partial charge in [-0.05, 0) is 20.2 Å². The van der Waals surface area contributed by atoms with Crippen LogP contribution in [0.3, 0.4) is 0 Å². The van der Waals surface area contributed by atoms with Gasteiger partial charge in [0, 0.05) is 6.54 Å². The van der Waals surface area contributed by atoms with E-state index in [0.29, 0.717) is 13.2 Å². The van der Waals surface area contributed by atoms with E-state index in [2.05, 4.69) is 4.98 Å². The lowest BCUT2D eigenvalue weighted by Crippen LogP contribution is -2.20. The van der Waals surface area contributed by atoms with Crippen molar-refractivity contribution in [1.29, 1.82) is 0 Å². The van der Waals surface area contributed by atoms with E-state index in [4.69, 9.17) is 9.84 Å². The van der Waals surface area contributed by atoms with E-state index in [9.17, 15) is 9.18 Å². The van der Waals surface area contributed by atoms with Gasteiger partial charge in [-0.3, -0.25) is 0 Å². The molecule has 88 valence electrons. The lowest BCUT2D eigenvalue weighted by Gasteiger charge is -2.11. The summed E-state index contributed by atoms with van der Waals surface area (Å²) in [5.41, 5.74) is -0.265. The molecule has 0 radical (unpaired) electrons. The number of rotatable bonds is 5. The highest BCUT2D eigenvalue weighted by molar-refractivity contribution is 5.90. The normalized spacial score (nSPS) is 10.5. The summed E-state index contributed by atoms with van der Waals surface area (Å²) < 4.78 is 17.9. The maximum absolute atomic E-state index is 12.8. The van der Waals surface area contributed by atoms with Gasteiger partial charge in [-0.15, -0.1) is 0 Å². The highest BCUT2D eigenvalue weighted by Crippen LogP contribution is 2.15. The Bertz CT molecular complexity index is 382. The minimum absolute atomic E-state index is 0.0595. The van der Waals surface area contributed by atoms with Crippen LogP contribution >= 0.6 is 0 Å². The largest absolute Gasteiger partial charge is 0.477 e. The number of hydrogen-bond donors (Lipinski definition) is 1. The second-order valence-corrected chi connectivity index (χ2v) is 3.46. The number of hydrogen-bond acceptors (Lipinski definition) is 4. The number of likely N-dealkylation sites (N-methyl/N-ethyl adjacent to an activating group) is 1. The Balaban J connectivity index is 2.75. The van der Waals surface area contributed by atoms with Gasteiger partial charge in [0.25, 0.3) is 0 Å². The van der Waals surface area contributed by atoms with Crippen molar-refractivity contribution in [2.45, 2.75) is 0 Å². The molecule has 0 atom stereocenters. The van der Waals surface area contributed by atoms with Crippen molar-refractivity contribution in [2.24, 2.45) is 0 Å². The van der Waals surface area contributed by atoms with Crippen LogP contribution in [-0.2, 0) is 0 Å². The van der Waals surface area contributed by atoms with Crippen molar-refractivity contribution in [3.63, 3.8) is 0 Å². The molecule has 0 aliphatic rings. The lowest BCUT2D eigenvalue weighted by molar-refractivity contribution is 0.0690. The van der Waals surface area contributed by atoms with Crippen molar-refractivity contribution in [1.82, 2.24) is 9.88 Å². The third-order valence-corrected chi connectivity index (χ3v) is 1.83. The van der Waals surface area contributed by atoms with Crippen LogP contribution in [-0.4, -0.2) is 48.2 Å². The molecule has 5 nitrogen and oxygen atoms in total. The topological polar surface area (TPSA) is 62.7 Å². The highest BCUT2D eigenvalue weighted by atomic mass is 19.1. The molecule has 16 heavy (non-hydrogen) atoms. The number of carboxylic acids is 1. The summed E-state index contributed by atoms with van der Waals surface area (Å²) in [6.45, 7) is 0.921. The zero-order valence-corrected chi connectivity index (χ0v) is 9.11. The molecular weight excluding hydrogens is 215 g/mol. The summed E-state index contributed by atoms with van der Waals surface area (Å²) in [7, 11) is 3.72. The molecule has 0 amide bonds. The van der Waals surface area contributed by atoms with E-state index in [1.54, 1.807) is 0 Å². The Labute approximate surface area is 92.5 Å². The zero-order chi connectivity index (χ0) is 12.1. The van der Waals surface area contributed by atoms with Crippen molar-refractivity contribution >= 4 is 5.97 Å². The molecule has 1 aromatic heterocycles. The van der Waals surface area contributed by atoms with Gasteiger partial charge in [0.05, 0.1) is 6.20 Å². The smallest absolute Gasteiger partial charge is 0.341 e. The number of carboxylic acid groups (broad SMARTS) is 1. The Morgan fingerprint density at radius 3 is 2.88 bits per heavy atom. The lowest BCUT2D eigenvalue weighted by atomic mass is 10.3. The highest BCUT2D eigenvalue weighted by Gasteiger charge is 2.14. The zero-order valence-electron chi connectivity index (χ0n) is 9.11. The van der Waals surface area contributed by atoms with Gasteiger partial charge in [0.1, 0.15) is 18.0 Å². The van der Waals surface area contributed by atoms with Gasteiger partial charge in [0.15, 0.2) is 0 Å². The number of halogens is 1. The molecule has 1 heterocycles. The summed E-state index contributed by atoms with van der Waals surface area (Å²) in [6, 6.07) is 0.889. The monoisotopic (exact) mass is 228 g/mol. The van der Waals surface area contributed by atoms with Crippen molar-refractivity contribution in [2.75, 3.05) is 27.2 Å². The molecule has 0 aliphatic heterocycles. The Morgan fingerprint density at radius 2 is 2.31 bits per heavy atom. The number of nitrogens with zero attached hydrogens (tertiary/aromatic N) is 2. The van der Waals surface area contributed by atoms with Gasteiger partial charge in [-0.2, -0.15) is 0 Å². The van der Waals surface area contributed by atoms with Crippen LogP contribution in [0, 0.1) is 5.82 Å². The number of carbonyl (C=O) groups is 1. The summed E-state index contributed by atoms with van der Waals surface area (Å²) >= 11 is 0. The molecule has 0 bridgehead atoms. The number of aromatic carboxylic acids is 1. The molecule has 1 rings (SSSR count). The molecule has 0 spiro atoms. The van der Waals surface area contributed by atoms with Gasteiger partial charge in [-0.25, -0.2) is 14.2 Å². The van der Waals surface area contributed by atoms with E-state index in [0.717, 1.165) is 12.3 Å². The van der Waals surface area contributed by atoms with Crippen LogP contribution in [0.25, 0.3) is 0 Å². The third-order valence-electron chi connectivity index (χ3n) is 1.83. The second kappa shape index (κ2) is 5.41. The molecule has 0 aromatic carbocycles. The average Bonchev–Trinajstić information content (AvgIpc) is 2.19. The van der Waals surface area contributed by atoms with Crippen LogP contribution in [0.1, 0.15) is 10.4 Å². The quantitative estimate of drug-likeness (QED) is 0.809.